The van der Waals surface area contributed by atoms with Crippen molar-refractivity contribution in [2.24, 2.45) is 0 Å². The van der Waals surface area contributed by atoms with Crippen LogP contribution in [0.1, 0.15) is 41.7 Å². The van der Waals surface area contributed by atoms with Crippen molar-refractivity contribution in [3.05, 3.63) is 75.8 Å². The summed E-state index contributed by atoms with van der Waals surface area (Å²) in [5.41, 5.74) is 0.795. The van der Waals surface area contributed by atoms with E-state index in [1.807, 2.05) is 37.3 Å². The lowest BCUT2D eigenvalue weighted by molar-refractivity contribution is -0.384. The lowest BCUT2D eigenvalue weighted by Crippen LogP contribution is -2.32. The standard InChI is InChI=1S/C19H20N2O5/c1-2-7-17(14-8-4-3-5-9-14)20-18(22)13-26-19(23)15-10-6-11-16(12-15)21(24)25/h3-6,8-12,17H,2,7,13H2,1H3,(H,20,22)/t17-/m0/s1. The molecule has 26 heavy (non-hydrogen) atoms. The Morgan fingerprint density at radius 1 is 1.15 bits per heavy atom. The maximum absolute atomic E-state index is 12.1. The average molecular weight is 356 g/mol. The van der Waals surface area contributed by atoms with Crippen molar-refractivity contribution in [3.8, 4) is 0 Å². The molecule has 7 nitrogen and oxygen atoms in total. The molecular weight excluding hydrogens is 336 g/mol. The van der Waals surface area contributed by atoms with Gasteiger partial charge in [-0.1, -0.05) is 49.7 Å². The Kier molecular flexibility index (Phi) is 6.84. The van der Waals surface area contributed by atoms with E-state index in [1.165, 1.54) is 18.2 Å². The molecule has 0 aliphatic heterocycles. The zero-order chi connectivity index (χ0) is 18.9. The third-order valence-electron chi connectivity index (χ3n) is 3.74. The molecule has 0 aliphatic rings. The number of nitrogens with zero attached hydrogens (tertiary/aromatic N) is 1. The molecule has 1 N–H and O–H groups in total. The summed E-state index contributed by atoms with van der Waals surface area (Å²) in [6, 6.07) is 14.6. The van der Waals surface area contributed by atoms with Gasteiger partial charge in [0.05, 0.1) is 16.5 Å². The number of amides is 1. The molecule has 0 aliphatic carbocycles. The van der Waals surface area contributed by atoms with Crippen molar-refractivity contribution in [2.45, 2.75) is 25.8 Å². The molecule has 1 atom stereocenters. The van der Waals surface area contributed by atoms with Crippen LogP contribution in [0.3, 0.4) is 0 Å². The predicted octanol–water partition coefficient (Wildman–Crippen LogP) is 3.41. The van der Waals surface area contributed by atoms with Gasteiger partial charge in [0.25, 0.3) is 11.6 Å². The largest absolute Gasteiger partial charge is 0.452 e. The first kappa shape index (κ1) is 19.1. The van der Waals surface area contributed by atoms with Crippen LogP contribution in [-0.4, -0.2) is 23.4 Å². The summed E-state index contributed by atoms with van der Waals surface area (Å²) >= 11 is 0. The molecule has 0 unspecified atom stereocenters. The van der Waals surface area contributed by atoms with Crippen molar-refractivity contribution in [2.75, 3.05) is 6.61 Å². The Hall–Kier alpha value is -3.22. The van der Waals surface area contributed by atoms with Gasteiger partial charge in [0.2, 0.25) is 0 Å². The van der Waals surface area contributed by atoms with Gasteiger partial charge in [0, 0.05) is 12.1 Å². The molecule has 0 saturated heterocycles. The van der Waals surface area contributed by atoms with Gasteiger partial charge in [-0.3, -0.25) is 14.9 Å². The molecule has 0 spiro atoms. The van der Waals surface area contributed by atoms with E-state index in [0.29, 0.717) is 0 Å². The zero-order valence-electron chi connectivity index (χ0n) is 14.4. The number of carbonyl (C=O) groups is 2. The number of nitro groups is 1. The molecule has 0 bridgehead atoms. The smallest absolute Gasteiger partial charge is 0.338 e. The topological polar surface area (TPSA) is 98.5 Å². The second kappa shape index (κ2) is 9.31. The summed E-state index contributed by atoms with van der Waals surface area (Å²) in [5, 5.41) is 13.6. The van der Waals surface area contributed by atoms with E-state index < -0.39 is 23.4 Å². The highest BCUT2D eigenvalue weighted by Gasteiger charge is 2.17. The Bertz CT molecular complexity index is 777. The first-order chi connectivity index (χ1) is 12.5. The van der Waals surface area contributed by atoms with Gasteiger partial charge in [0.15, 0.2) is 6.61 Å². The SMILES string of the molecule is CCC[C@H](NC(=O)COC(=O)c1cccc([N+](=O)[O-])c1)c1ccccc1. The minimum absolute atomic E-state index is 0.0279. The zero-order valence-corrected chi connectivity index (χ0v) is 14.4. The molecule has 1 amide bonds. The normalized spacial score (nSPS) is 11.4. The summed E-state index contributed by atoms with van der Waals surface area (Å²) in [4.78, 5) is 34.2. The van der Waals surface area contributed by atoms with E-state index in [-0.39, 0.29) is 17.3 Å². The summed E-state index contributed by atoms with van der Waals surface area (Å²) in [6.45, 7) is 1.57. The maximum Gasteiger partial charge on any atom is 0.338 e. The fraction of sp³-hybridized carbons (Fsp3) is 0.263. The van der Waals surface area contributed by atoms with Crippen LogP contribution in [0.5, 0.6) is 0 Å². The Morgan fingerprint density at radius 3 is 2.54 bits per heavy atom. The number of benzene rings is 2. The number of carbonyl (C=O) groups excluding carboxylic acids is 2. The van der Waals surface area contributed by atoms with Crippen LogP contribution in [-0.2, 0) is 9.53 Å². The fourth-order valence-corrected chi connectivity index (χ4v) is 2.49. The molecule has 2 aromatic rings. The Balaban J connectivity index is 1.93. The van der Waals surface area contributed by atoms with Gasteiger partial charge in [-0.25, -0.2) is 4.79 Å². The van der Waals surface area contributed by atoms with Crippen molar-refractivity contribution in [1.82, 2.24) is 5.32 Å². The van der Waals surface area contributed by atoms with Gasteiger partial charge in [0.1, 0.15) is 0 Å². The summed E-state index contributed by atoms with van der Waals surface area (Å²) in [5.74, 6) is -1.21. The molecule has 0 fully saturated rings. The van der Waals surface area contributed by atoms with E-state index in [9.17, 15) is 19.7 Å². The Morgan fingerprint density at radius 2 is 1.88 bits per heavy atom. The molecule has 7 heteroatoms. The second-order valence-corrected chi connectivity index (χ2v) is 5.70. The third kappa shape index (κ3) is 5.41. The van der Waals surface area contributed by atoms with E-state index in [0.717, 1.165) is 24.5 Å². The first-order valence-electron chi connectivity index (χ1n) is 8.27. The minimum atomic E-state index is -0.782. The number of nitrogens with one attached hydrogen (secondary N) is 1. The van der Waals surface area contributed by atoms with Gasteiger partial charge in [-0.05, 0) is 18.1 Å². The molecule has 0 radical (unpaired) electrons. The first-order valence-corrected chi connectivity index (χ1v) is 8.27. The van der Waals surface area contributed by atoms with E-state index in [2.05, 4.69) is 5.32 Å². The Labute approximate surface area is 151 Å². The van der Waals surface area contributed by atoms with Crippen LogP contribution in [0.2, 0.25) is 0 Å². The van der Waals surface area contributed by atoms with Crippen LogP contribution >= 0.6 is 0 Å². The van der Waals surface area contributed by atoms with Crippen molar-refractivity contribution < 1.29 is 19.2 Å². The van der Waals surface area contributed by atoms with Crippen LogP contribution < -0.4 is 5.32 Å². The van der Waals surface area contributed by atoms with Crippen LogP contribution in [0.15, 0.2) is 54.6 Å². The molecule has 136 valence electrons. The summed E-state index contributed by atoms with van der Waals surface area (Å²) < 4.78 is 4.97. The quantitative estimate of drug-likeness (QED) is 0.444. The van der Waals surface area contributed by atoms with Gasteiger partial charge < -0.3 is 10.1 Å². The van der Waals surface area contributed by atoms with Crippen LogP contribution in [0, 0.1) is 10.1 Å². The number of rotatable bonds is 8. The molecule has 2 rings (SSSR count). The summed E-state index contributed by atoms with van der Waals surface area (Å²) in [6.07, 6.45) is 1.64. The molecule has 0 heterocycles. The number of hydrogen-bond acceptors (Lipinski definition) is 5. The molecular formula is C19H20N2O5. The maximum atomic E-state index is 12.1. The van der Waals surface area contributed by atoms with Crippen molar-refractivity contribution >= 4 is 17.6 Å². The van der Waals surface area contributed by atoms with Gasteiger partial charge >= 0.3 is 5.97 Å². The summed E-state index contributed by atoms with van der Waals surface area (Å²) in [7, 11) is 0. The lowest BCUT2D eigenvalue weighted by atomic mass is 10.0. The minimum Gasteiger partial charge on any atom is -0.452 e. The fourth-order valence-electron chi connectivity index (χ4n) is 2.49. The second-order valence-electron chi connectivity index (χ2n) is 5.70. The number of nitro benzene ring substituents is 1. The van der Waals surface area contributed by atoms with E-state index >= 15 is 0 Å². The van der Waals surface area contributed by atoms with Crippen LogP contribution in [0.25, 0.3) is 0 Å². The average Bonchev–Trinajstić information content (AvgIpc) is 2.66. The predicted molar refractivity (Wildman–Crippen MR) is 95.6 cm³/mol. The lowest BCUT2D eigenvalue weighted by Gasteiger charge is -2.18. The third-order valence-corrected chi connectivity index (χ3v) is 3.74. The number of esters is 1. The number of hydrogen-bond donors (Lipinski definition) is 1. The number of ether oxygens (including phenoxy) is 1. The van der Waals surface area contributed by atoms with Crippen LogP contribution in [0.4, 0.5) is 5.69 Å². The highest BCUT2D eigenvalue weighted by molar-refractivity contribution is 5.92. The number of non-ortho nitro benzene ring substituents is 1. The van der Waals surface area contributed by atoms with Crippen molar-refractivity contribution in [1.29, 1.82) is 0 Å². The monoisotopic (exact) mass is 356 g/mol. The van der Waals surface area contributed by atoms with E-state index in [1.54, 1.807) is 0 Å². The van der Waals surface area contributed by atoms with Gasteiger partial charge in [-0.15, -0.1) is 0 Å². The molecule has 0 aromatic heterocycles. The molecule has 0 saturated carbocycles. The molecule has 2 aromatic carbocycles. The highest BCUT2D eigenvalue weighted by atomic mass is 16.6. The van der Waals surface area contributed by atoms with Gasteiger partial charge in [-0.2, -0.15) is 0 Å². The van der Waals surface area contributed by atoms with E-state index in [4.69, 9.17) is 4.74 Å². The highest BCUT2D eigenvalue weighted by Crippen LogP contribution is 2.18. The van der Waals surface area contributed by atoms with Crippen molar-refractivity contribution in [3.63, 3.8) is 0 Å².